The molecule has 2 heterocycles. The molecule has 2 aromatic rings. The summed E-state index contributed by atoms with van der Waals surface area (Å²) in [5.74, 6) is -0.431. The summed E-state index contributed by atoms with van der Waals surface area (Å²) in [5, 5.41) is 2.97. The fraction of sp³-hybridized carbons (Fsp3) is 0.143. The van der Waals surface area contributed by atoms with Crippen LogP contribution in [0.4, 0.5) is 0 Å². The van der Waals surface area contributed by atoms with Crippen LogP contribution in [0.2, 0.25) is 0 Å². The number of carbonyl (C=O) groups excluding carboxylic acids is 1. The van der Waals surface area contributed by atoms with Crippen LogP contribution in [-0.2, 0) is 4.79 Å². The summed E-state index contributed by atoms with van der Waals surface area (Å²) in [6, 6.07) is 18.1. The highest BCUT2D eigenvalue weighted by atomic mass is 32.2. The molecule has 0 fully saturated rings. The summed E-state index contributed by atoms with van der Waals surface area (Å²) in [7, 11) is 0. The normalized spacial score (nSPS) is 19.2. The molecule has 0 spiro atoms. The number of carbonyl (C=O) groups is 1. The number of aryl methyl sites for hydroxylation is 1. The van der Waals surface area contributed by atoms with Crippen LogP contribution in [0.15, 0.2) is 76.3 Å². The quantitative estimate of drug-likeness (QED) is 0.891. The Labute approximate surface area is 157 Å². The molecule has 130 valence electrons. The lowest BCUT2D eigenvalue weighted by molar-refractivity contribution is -0.115. The maximum Gasteiger partial charge on any atom is 0.248 e. The monoisotopic (exact) mass is 361 g/mol. The third-order valence-corrected chi connectivity index (χ3v) is 5.49. The van der Waals surface area contributed by atoms with Crippen molar-refractivity contribution in [1.82, 2.24) is 4.90 Å². The average molecular weight is 361 g/mol. The minimum Gasteiger partial charge on any atom is -0.366 e. The van der Waals surface area contributed by atoms with Crippen molar-refractivity contribution in [2.75, 3.05) is 0 Å². The number of aliphatic imine (C=N–C) groups is 1. The Balaban J connectivity index is 1.87. The molecule has 0 radical (unpaired) electrons. The van der Waals surface area contributed by atoms with Gasteiger partial charge in [-0.3, -0.25) is 4.79 Å². The summed E-state index contributed by atoms with van der Waals surface area (Å²) < 4.78 is 0. The molecular formula is C21H19N3OS. The highest BCUT2D eigenvalue weighted by Gasteiger charge is 2.39. The number of hydrogen-bond acceptors (Lipinski definition) is 4. The molecule has 0 unspecified atom stereocenters. The smallest absolute Gasteiger partial charge is 0.248 e. The first-order valence-corrected chi connectivity index (χ1v) is 9.31. The second kappa shape index (κ2) is 6.50. The van der Waals surface area contributed by atoms with Crippen molar-refractivity contribution in [2.24, 2.45) is 10.7 Å². The molecule has 26 heavy (non-hydrogen) atoms. The first-order valence-electron chi connectivity index (χ1n) is 8.43. The summed E-state index contributed by atoms with van der Waals surface area (Å²) in [5.41, 5.74) is 11.3. The molecule has 5 heteroatoms. The molecule has 1 amide bonds. The fourth-order valence-electron chi connectivity index (χ4n) is 3.38. The number of allylic oxidation sites excluding steroid dienone is 1. The highest BCUT2D eigenvalue weighted by molar-refractivity contribution is 8.16. The van der Waals surface area contributed by atoms with E-state index in [9.17, 15) is 4.79 Å². The van der Waals surface area contributed by atoms with Crippen LogP contribution in [-0.4, -0.2) is 16.0 Å². The lowest BCUT2D eigenvalue weighted by Crippen LogP contribution is -2.37. The van der Waals surface area contributed by atoms with Gasteiger partial charge in [-0.15, -0.1) is 0 Å². The molecule has 2 aliphatic heterocycles. The van der Waals surface area contributed by atoms with E-state index in [0.29, 0.717) is 11.3 Å². The van der Waals surface area contributed by atoms with Gasteiger partial charge in [0, 0.05) is 5.41 Å². The molecule has 0 aliphatic carbocycles. The summed E-state index contributed by atoms with van der Waals surface area (Å²) in [6.07, 6.45) is 0. The largest absolute Gasteiger partial charge is 0.366 e. The van der Waals surface area contributed by atoms with Gasteiger partial charge in [0.05, 0.1) is 23.0 Å². The van der Waals surface area contributed by atoms with Crippen LogP contribution < -0.4 is 5.73 Å². The molecule has 2 aromatic carbocycles. The van der Waals surface area contributed by atoms with Crippen molar-refractivity contribution in [1.29, 1.82) is 0 Å². The Hall–Kier alpha value is -2.79. The second-order valence-corrected chi connectivity index (χ2v) is 7.26. The van der Waals surface area contributed by atoms with Crippen molar-refractivity contribution >= 4 is 28.5 Å². The number of thioether (sulfide) groups is 1. The molecule has 2 N–H and O–H groups in total. The van der Waals surface area contributed by atoms with Crippen LogP contribution in [0.3, 0.4) is 0 Å². The maximum atomic E-state index is 12.3. The Morgan fingerprint density at radius 1 is 1.08 bits per heavy atom. The van der Waals surface area contributed by atoms with Crippen molar-refractivity contribution < 1.29 is 4.79 Å². The van der Waals surface area contributed by atoms with Crippen molar-refractivity contribution in [3.63, 3.8) is 0 Å². The topological polar surface area (TPSA) is 58.7 Å². The minimum absolute atomic E-state index is 0.274. The van der Waals surface area contributed by atoms with Crippen LogP contribution in [0.25, 0.3) is 5.70 Å². The van der Waals surface area contributed by atoms with E-state index in [2.05, 4.69) is 46.5 Å². The molecule has 4 rings (SSSR count). The summed E-state index contributed by atoms with van der Waals surface area (Å²) in [4.78, 5) is 19.0. The first kappa shape index (κ1) is 16.7. The SMILES string of the molecule is CC1=C(C(N)=O)[C@H](c2ccccc2)N2C(c3ccc(C)cc3)=CSC2=N1. The molecular weight excluding hydrogens is 342 g/mol. The van der Waals surface area contributed by atoms with E-state index in [0.717, 1.165) is 22.0 Å². The third kappa shape index (κ3) is 2.74. The zero-order valence-electron chi connectivity index (χ0n) is 14.6. The highest BCUT2D eigenvalue weighted by Crippen LogP contribution is 2.46. The number of primary amides is 1. The molecule has 1 atom stereocenters. The zero-order chi connectivity index (χ0) is 18.3. The fourth-order valence-corrected chi connectivity index (χ4v) is 4.35. The van der Waals surface area contributed by atoms with Crippen molar-refractivity contribution in [2.45, 2.75) is 19.9 Å². The summed E-state index contributed by atoms with van der Waals surface area (Å²) in [6.45, 7) is 3.92. The minimum atomic E-state index is -0.431. The van der Waals surface area contributed by atoms with Gasteiger partial charge >= 0.3 is 0 Å². The van der Waals surface area contributed by atoms with Gasteiger partial charge in [0.25, 0.3) is 0 Å². The van der Waals surface area contributed by atoms with E-state index in [-0.39, 0.29) is 6.04 Å². The number of hydrogen-bond donors (Lipinski definition) is 1. The lowest BCUT2D eigenvalue weighted by atomic mass is 9.93. The summed E-state index contributed by atoms with van der Waals surface area (Å²) >= 11 is 1.58. The number of fused-ring (bicyclic) bond motifs is 1. The molecule has 4 nitrogen and oxygen atoms in total. The Morgan fingerprint density at radius 3 is 2.42 bits per heavy atom. The lowest BCUT2D eigenvalue weighted by Gasteiger charge is -2.36. The molecule has 0 bridgehead atoms. The number of nitrogens with zero attached hydrogens (tertiary/aromatic N) is 2. The Kier molecular flexibility index (Phi) is 4.17. The number of rotatable bonds is 3. The van der Waals surface area contributed by atoms with Crippen LogP contribution in [0.5, 0.6) is 0 Å². The second-order valence-electron chi connectivity index (χ2n) is 6.43. The standard InChI is InChI=1S/C21H19N3OS/c1-13-8-10-15(11-9-13)17-12-26-21-23-14(2)18(20(22)25)19(24(17)21)16-6-4-3-5-7-16/h3-12,19H,1-2H3,(H2,22,25)/t19-/m0/s1. The number of benzene rings is 2. The van der Waals surface area contributed by atoms with Crippen LogP contribution >= 0.6 is 11.8 Å². The number of nitrogens with two attached hydrogens (primary N) is 1. The molecule has 0 saturated heterocycles. The Morgan fingerprint density at radius 2 is 1.77 bits per heavy atom. The van der Waals surface area contributed by atoms with Gasteiger partial charge in [0.2, 0.25) is 5.91 Å². The van der Waals surface area contributed by atoms with E-state index in [4.69, 9.17) is 5.73 Å². The van der Waals surface area contributed by atoms with Gasteiger partial charge < -0.3 is 10.6 Å². The van der Waals surface area contributed by atoms with Crippen molar-refractivity contribution in [3.8, 4) is 0 Å². The van der Waals surface area contributed by atoms with E-state index >= 15 is 0 Å². The van der Waals surface area contributed by atoms with Crippen molar-refractivity contribution in [3.05, 3.63) is 88.0 Å². The third-order valence-electron chi connectivity index (χ3n) is 4.65. The van der Waals surface area contributed by atoms with E-state index in [1.807, 2.05) is 37.3 Å². The average Bonchev–Trinajstić information content (AvgIpc) is 3.05. The first-order chi connectivity index (χ1) is 12.6. The Bertz CT molecular complexity index is 959. The number of amides is 1. The van der Waals surface area contributed by atoms with Gasteiger partial charge in [-0.05, 0) is 25.0 Å². The predicted octanol–water partition coefficient (Wildman–Crippen LogP) is 4.21. The van der Waals surface area contributed by atoms with Gasteiger partial charge in [-0.25, -0.2) is 4.99 Å². The van der Waals surface area contributed by atoms with Gasteiger partial charge in [0.15, 0.2) is 5.17 Å². The molecule has 2 aliphatic rings. The molecule has 0 saturated carbocycles. The van der Waals surface area contributed by atoms with Crippen LogP contribution in [0.1, 0.15) is 29.7 Å². The van der Waals surface area contributed by atoms with Gasteiger partial charge in [-0.2, -0.15) is 0 Å². The van der Waals surface area contributed by atoms with Crippen LogP contribution in [0, 0.1) is 6.92 Å². The molecule has 0 aromatic heterocycles. The maximum absolute atomic E-state index is 12.3. The van der Waals surface area contributed by atoms with Gasteiger partial charge in [-0.1, -0.05) is 71.9 Å². The zero-order valence-corrected chi connectivity index (χ0v) is 15.5. The number of amidine groups is 1. The van der Waals surface area contributed by atoms with E-state index in [1.54, 1.807) is 11.8 Å². The van der Waals surface area contributed by atoms with E-state index in [1.165, 1.54) is 5.56 Å². The van der Waals surface area contributed by atoms with Gasteiger partial charge in [0.1, 0.15) is 0 Å². The van der Waals surface area contributed by atoms with E-state index < -0.39 is 5.91 Å². The predicted molar refractivity (Wildman–Crippen MR) is 107 cm³/mol.